The van der Waals surface area contributed by atoms with Gasteiger partial charge in [-0.15, -0.1) is 16.4 Å². The molecular weight excluding hydrogens is 362 g/mol. The van der Waals surface area contributed by atoms with Crippen LogP contribution in [0.3, 0.4) is 0 Å². The normalized spacial score (nSPS) is 12.6. The zero-order valence-electron chi connectivity index (χ0n) is 12.2. The standard InChI is InChI=1S/C17H10ClN3OS2/c18-12-6-3-11(4-7-12)5-8-15-19-17-21(20-15)16(22)14(24-17)10-13-2-1-9-23-13/h1-10H. The third-order valence-corrected chi connectivity index (χ3v) is 5.34. The van der Waals surface area contributed by atoms with Crippen LogP contribution in [0.25, 0.3) is 23.2 Å². The predicted molar refractivity (Wildman–Crippen MR) is 101 cm³/mol. The van der Waals surface area contributed by atoms with Gasteiger partial charge in [0.1, 0.15) is 0 Å². The molecule has 0 fully saturated rings. The van der Waals surface area contributed by atoms with Crippen molar-refractivity contribution in [1.29, 1.82) is 0 Å². The van der Waals surface area contributed by atoms with Crippen molar-refractivity contribution in [2.45, 2.75) is 0 Å². The number of nitrogens with zero attached hydrogens (tertiary/aromatic N) is 3. The molecule has 3 heterocycles. The Morgan fingerprint density at radius 1 is 1.12 bits per heavy atom. The lowest BCUT2D eigenvalue weighted by molar-refractivity contribution is 0.925. The van der Waals surface area contributed by atoms with Gasteiger partial charge in [-0.3, -0.25) is 4.79 Å². The third-order valence-electron chi connectivity index (χ3n) is 3.31. The number of thiazole rings is 1. The van der Waals surface area contributed by atoms with E-state index in [1.54, 1.807) is 17.4 Å². The van der Waals surface area contributed by atoms with Gasteiger partial charge in [0.2, 0.25) is 4.96 Å². The summed E-state index contributed by atoms with van der Waals surface area (Å²) in [6.45, 7) is 0. The van der Waals surface area contributed by atoms with E-state index in [9.17, 15) is 4.79 Å². The summed E-state index contributed by atoms with van der Waals surface area (Å²) in [5.74, 6) is 0.510. The Bertz CT molecular complexity index is 1130. The van der Waals surface area contributed by atoms with Gasteiger partial charge in [0.05, 0.1) is 4.53 Å². The first kappa shape index (κ1) is 15.3. The summed E-state index contributed by atoms with van der Waals surface area (Å²) >= 11 is 8.80. The maximum Gasteiger partial charge on any atom is 0.291 e. The second-order valence-electron chi connectivity index (χ2n) is 4.98. The van der Waals surface area contributed by atoms with Crippen LogP contribution in [-0.2, 0) is 0 Å². The van der Waals surface area contributed by atoms with E-state index in [4.69, 9.17) is 11.6 Å². The molecule has 0 spiro atoms. The molecule has 24 heavy (non-hydrogen) atoms. The van der Waals surface area contributed by atoms with E-state index in [1.165, 1.54) is 15.9 Å². The molecule has 4 nitrogen and oxygen atoms in total. The average molecular weight is 372 g/mol. The van der Waals surface area contributed by atoms with Crippen molar-refractivity contribution in [1.82, 2.24) is 14.6 Å². The van der Waals surface area contributed by atoms with Gasteiger partial charge < -0.3 is 0 Å². The Balaban J connectivity index is 1.67. The molecule has 4 aromatic rings. The molecule has 4 rings (SSSR count). The number of hydrogen-bond donors (Lipinski definition) is 0. The fourth-order valence-electron chi connectivity index (χ4n) is 2.17. The lowest BCUT2D eigenvalue weighted by atomic mass is 10.2. The number of aromatic nitrogens is 3. The summed E-state index contributed by atoms with van der Waals surface area (Å²) in [4.78, 5) is 18.4. The van der Waals surface area contributed by atoms with Crippen molar-refractivity contribution in [2.75, 3.05) is 0 Å². The van der Waals surface area contributed by atoms with Gasteiger partial charge in [-0.1, -0.05) is 47.2 Å². The lowest BCUT2D eigenvalue weighted by Crippen LogP contribution is -2.23. The number of halogens is 1. The van der Waals surface area contributed by atoms with Crippen molar-refractivity contribution < 1.29 is 0 Å². The Hall–Kier alpha value is -2.28. The molecule has 0 saturated heterocycles. The Kier molecular flexibility index (Phi) is 4.02. The first-order valence-corrected chi connectivity index (χ1v) is 9.15. The second kappa shape index (κ2) is 6.32. The van der Waals surface area contributed by atoms with Gasteiger partial charge in [0, 0.05) is 9.90 Å². The van der Waals surface area contributed by atoms with Crippen LogP contribution in [0.5, 0.6) is 0 Å². The SMILES string of the molecule is O=c1c(=Cc2cccs2)sc2nc(C=Cc3ccc(Cl)cc3)nn12. The maximum absolute atomic E-state index is 12.4. The molecule has 0 bridgehead atoms. The van der Waals surface area contributed by atoms with Crippen LogP contribution in [0.4, 0.5) is 0 Å². The molecule has 3 aromatic heterocycles. The molecule has 0 atom stereocenters. The van der Waals surface area contributed by atoms with Crippen molar-refractivity contribution in [3.05, 3.63) is 78.0 Å². The fraction of sp³-hybridized carbons (Fsp3) is 0. The van der Waals surface area contributed by atoms with Crippen molar-refractivity contribution in [3.63, 3.8) is 0 Å². The summed E-state index contributed by atoms with van der Waals surface area (Å²) in [7, 11) is 0. The van der Waals surface area contributed by atoms with Crippen molar-refractivity contribution in [2.24, 2.45) is 0 Å². The van der Waals surface area contributed by atoms with E-state index in [0.717, 1.165) is 10.4 Å². The topological polar surface area (TPSA) is 47.3 Å². The Labute approximate surface area is 150 Å². The van der Waals surface area contributed by atoms with Gasteiger partial charge in [0.25, 0.3) is 5.56 Å². The summed E-state index contributed by atoms with van der Waals surface area (Å²) < 4.78 is 1.99. The van der Waals surface area contributed by atoms with Crippen molar-refractivity contribution in [3.8, 4) is 0 Å². The molecule has 0 N–H and O–H groups in total. The maximum atomic E-state index is 12.4. The van der Waals surface area contributed by atoms with Crippen LogP contribution in [0.15, 0.2) is 46.6 Å². The van der Waals surface area contributed by atoms with Gasteiger partial charge in [-0.2, -0.15) is 9.50 Å². The number of hydrogen-bond acceptors (Lipinski definition) is 5. The van der Waals surface area contributed by atoms with Gasteiger partial charge in [-0.05, 0) is 41.3 Å². The minimum absolute atomic E-state index is 0.137. The number of fused-ring (bicyclic) bond motifs is 1. The molecule has 0 saturated carbocycles. The van der Waals surface area contributed by atoms with Crippen LogP contribution in [0.1, 0.15) is 16.3 Å². The first-order valence-electron chi connectivity index (χ1n) is 7.07. The van der Waals surface area contributed by atoms with E-state index in [1.807, 2.05) is 53.9 Å². The summed E-state index contributed by atoms with van der Waals surface area (Å²) in [6.07, 6.45) is 5.54. The zero-order chi connectivity index (χ0) is 16.5. The van der Waals surface area contributed by atoms with Crippen LogP contribution < -0.4 is 10.1 Å². The largest absolute Gasteiger partial charge is 0.291 e. The molecule has 0 aliphatic heterocycles. The highest BCUT2D eigenvalue weighted by atomic mass is 35.5. The van der Waals surface area contributed by atoms with E-state index < -0.39 is 0 Å². The van der Waals surface area contributed by atoms with Crippen molar-refractivity contribution >= 4 is 57.5 Å². The first-order chi connectivity index (χ1) is 11.7. The fourth-order valence-corrected chi connectivity index (χ4v) is 3.93. The highest BCUT2D eigenvalue weighted by molar-refractivity contribution is 7.15. The third kappa shape index (κ3) is 3.03. The average Bonchev–Trinajstić information content (AvgIpc) is 3.28. The number of rotatable bonds is 3. The molecule has 1 aromatic carbocycles. The van der Waals surface area contributed by atoms with Crippen LogP contribution in [-0.4, -0.2) is 14.6 Å². The van der Waals surface area contributed by atoms with Gasteiger partial charge >= 0.3 is 0 Å². The highest BCUT2D eigenvalue weighted by Gasteiger charge is 2.08. The second-order valence-corrected chi connectivity index (χ2v) is 7.41. The van der Waals surface area contributed by atoms with E-state index in [2.05, 4.69) is 10.1 Å². The molecule has 118 valence electrons. The van der Waals surface area contributed by atoms with E-state index >= 15 is 0 Å². The Morgan fingerprint density at radius 2 is 1.96 bits per heavy atom. The summed E-state index contributed by atoms with van der Waals surface area (Å²) in [6, 6.07) is 11.4. The summed E-state index contributed by atoms with van der Waals surface area (Å²) in [5, 5.41) is 6.94. The highest BCUT2D eigenvalue weighted by Crippen LogP contribution is 2.13. The molecule has 7 heteroatoms. The van der Waals surface area contributed by atoms with Crippen LogP contribution in [0, 0.1) is 0 Å². The summed E-state index contributed by atoms with van der Waals surface area (Å²) in [5.41, 5.74) is 0.855. The predicted octanol–water partition coefficient (Wildman–Crippen LogP) is 3.58. The molecule has 0 unspecified atom stereocenters. The molecule has 0 radical (unpaired) electrons. The Morgan fingerprint density at radius 3 is 2.67 bits per heavy atom. The lowest BCUT2D eigenvalue weighted by Gasteiger charge is -1.91. The van der Waals surface area contributed by atoms with Gasteiger partial charge in [-0.25, -0.2) is 0 Å². The minimum Gasteiger partial charge on any atom is -0.266 e. The minimum atomic E-state index is -0.137. The smallest absolute Gasteiger partial charge is 0.266 e. The monoisotopic (exact) mass is 371 g/mol. The molecule has 0 amide bonds. The van der Waals surface area contributed by atoms with E-state index in [0.29, 0.717) is 20.3 Å². The molecule has 0 aliphatic carbocycles. The zero-order valence-corrected chi connectivity index (χ0v) is 14.6. The quantitative estimate of drug-likeness (QED) is 0.553. The number of thiophene rings is 1. The van der Waals surface area contributed by atoms with Crippen LogP contribution in [0.2, 0.25) is 5.02 Å². The van der Waals surface area contributed by atoms with Crippen LogP contribution >= 0.6 is 34.3 Å². The molecular formula is C17H10ClN3OS2. The number of benzene rings is 1. The van der Waals surface area contributed by atoms with E-state index in [-0.39, 0.29) is 5.56 Å². The van der Waals surface area contributed by atoms with Gasteiger partial charge in [0.15, 0.2) is 5.82 Å². The molecule has 0 aliphatic rings.